The van der Waals surface area contributed by atoms with Crippen molar-refractivity contribution in [2.24, 2.45) is 0 Å². The van der Waals surface area contributed by atoms with Crippen molar-refractivity contribution >= 4 is 49.8 Å². The van der Waals surface area contributed by atoms with Crippen molar-refractivity contribution in [3.05, 3.63) is 54.1 Å². The number of hydrogen-bond acceptors (Lipinski definition) is 8. The number of ether oxygens (including phenoxy) is 1. The summed E-state index contributed by atoms with van der Waals surface area (Å²) in [7, 11) is -3.89. The van der Waals surface area contributed by atoms with E-state index in [0.717, 1.165) is 15.7 Å². The quantitative estimate of drug-likeness (QED) is 0.429. The molecule has 2 heterocycles. The summed E-state index contributed by atoms with van der Waals surface area (Å²) in [4.78, 5) is 13.0. The lowest BCUT2D eigenvalue weighted by Gasteiger charge is -2.34. The van der Waals surface area contributed by atoms with E-state index in [2.05, 4.69) is 15.5 Å². The van der Waals surface area contributed by atoms with Crippen molar-refractivity contribution in [2.45, 2.75) is 29.2 Å². The summed E-state index contributed by atoms with van der Waals surface area (Å²) in [5.74, 6) is 0.691. The summed E-state index contributed by atoms with van der Waals surface area (Å²) in [6.45, 7) is 3.71. The first kappa shape index (κ1) is 21.6. The van der Waals surface area contributed by atoms with Gasteiger partial charge in [0.1, 0.15) is 5.75 Å². The number of nitrogens with zero attached hydrogens (tertiary/aromatic N) is 3. The van der Waals surface area contributed by atoms with E-state index in [1.807, 2.05) is 19.9 Å². The van der Waals surface area contributed by atoms with Gasteiger partial charge in [0.25, 0.3) is 15.9 Å². The molecular weight excluding hydrogens is 456 g/mol. The molecule has 0 aliphatic carbocycles. The van der Waals surface area contributed by atoms with Gasteiger partial charge in [0.05, 0.1) is 17.1 Å². The highest BCUT2D eigenvalue weighted by molar-refractivity contribution is 8.01. The molecule has 162 valence electrons. The monoisotopic (exact) mass is 476 g/mol. The molecule has 1 N–H and O–H groups in total. The third kappa shape index (κ3) is 4.53. The van der Waals surface area contributed by atoms with Gasteiger partial charge >= 0.3 is 0 Å². The minimum Gasteiger partial charge on any atom is -0.476 e. The highest BCUT2D eigenvalue weighted by Gasteiger charge is 2.38. The van der Waals surface area contributed by atoms with E-state index in [4.69, 9.17) is 4.74 Å². The van der Waals surface area contributed by atoms with Crippen LogP contribution in [0.1, 0.15) is 12.5 Å². The number of hydrogen-bond donors (Lipinski definition) is 1. The summed E-state index contributed by atoms with van der Waals surface area (Å²) < 4.78 is 34.6. The van der Waals surface area contributed by atoms with Crippen molar-refractivity contribution in [2.75, 3.05) is 21.9 Å². The fourth-order valence-electron chi connectivity index (χ4n) is 3.07. The molecule has 0 spiro atoms. The normalized spacial score (nSPS) is 15.8. The number of anilines is 2. The van der Waals surface area contributed by atoms with Gasteiger partial charge in [-0.05, 0) is 42.5 Å². The smallest absolute Gasteiger partial charge is 0.269 e. The zero-order valence-electron chi connectivity index (χ0n) is 16.8. The molecule has 0 unspecified atom stereocenters. The molecule has 2 aromatic carbocycles. The molecule has 1 aliphatic heterocycles. The molecule has 3 aromatic rings. The molecule has 0 saturated heterocycles. The minimum absolute atomic E-state index is 0.147. The first-order chi connectivity index (χ1) is 14.9. The Morgan fingerprint density at radius 1 is 1.26 bits per heavy atom. The Kier molecular flexibility index (Phi) is 6.17. The summed E-state index contributed by atoms with van der Waals surface area (Å²) in [6, 6.07) is 13.4. The number of carbonyl (C=O) groups is 1. The van der Waals surface area contributed by atoms with Crippen molar-refractivity contribution in [1.82, 2.24) is 10.2 Å². The molecule has 1 aliphatic rings. The van der Waals surface area contributed by atoms with Crippen molar-refractivity contribution in [3.8, 4) is 5.75 Å². The van der Waals surface area contributed by atoms with Crippen LogP contribution in [0, 0.1) is 6.92 Å². The van der Waals surface area contributed by atoms with Crippen molar-refractivity contribution in [1.29, 1.82) is 0 Å². The second kappa shape index (κ2) is 8.85. The fourth-order valence-corrected chi connectivity index (χ4v) is 6.21. The van der Waals surface area contributed by atoms with E-state index in [0.29, 0.717) is 16.6 Å². The van der Waals surface area contributed by atoms with Crippen molar-refractivity contribution < 1.29 is 17.9 Å². The molecule has 31 heavy (non-hydrogen) atoms. The van der Waals surface area contributed by atoms with Gasteiger partial charge in [-0.25, -0.2) is 8.42 Å². The van der Waals surface area contributed by atoms with E-state index >= 15 is 0 Å². The number of thioether (sulfide) groups is 1. The number of carbonyl (C=O) groups excluding carboxylic acids is 1. The number of benzene rings is 2. The van der Waals surface area contributed by atoms with Crippen LogP contribution in [-0.4, -0.2) is 42.9 Å². The number of amides is 1. The molecule has 1 atom stereocenters. The van der Waals surface area contributed by atoms with Gasteiger partial charge in [0, 0.05) is 0 Å². The highest BCUT2D eigenvalue weighted by atomic mass is 32.2. The number of aryl methyl sites for hydroxylation is 1. The van der Waals surface area contributed by atoms with E-state index in [9.17, 15) is 13.2 Å². The zero-order chi connectivity index (χ0) is 22.0. The van der Waals surface area contributed by atoms with Crippen LogP contribution in [0.5, 0.6) is 5.75 Å². The van der Waals surface area contributed by atoms with Crippen LogP contribution in [0.2, 0.25) is 0 Å². The Morgan fingerprint density at radius 2 is 2.03 bits per heavy atom. The first-order valence-corrected chi connectivity index (χ1v) is 12.7. The van der Waals surface area contributed by atoms with E-state index in [-0.39, 0.29) is 11.4 Å². The van der Waals surface area contributed by atoms with Gasteiger partial charge < -0.3 is 4.74 Å². The molecular formula is C20H20N4O4S3. The Bertz CT molecular complexity index is 1200. The van der Waals surface area contributed by atoms with Crippen LogP contribution >= 0.6 is 23.1 Å². The van der Waals surface area contributed by atoms with Crippen LogP contribution in [0.25, 0.3) is 0 Å². The molecule has 1 amide bonds. The minimum atomic E-state index is -3.89. The predicted molar refractivity (Wildman–Crippen MR) is 122 cm³/mol. The summed E-state index contributed by atoms with van der Waals surface area (Å²) in [5.41, 5.74) is 1.29. The Morgan fingerprint density at radius 3 is 2.77 bits per heavy atom. The van der Waals surface area contributed by atoms with Crippen LogP contribution in [0.3, 0.4) is 0 Å². The van der Waals surface area contributed by atoms with Gasteiger partial charge in [-0.3, -0.25) is 14.4 Å². The lowest BCUT2D eigenvalue weighted by atomic mass is 10.1. The standard InChI is InChI=1S/C20H20N4O4S3/c1-3-29-20-23-22-19(30-20)21-18(25)17-12-24(15-11-13(2)9-10-16(15)28-17)31(26,27)14-7-5-4-6-8-14/h4-11,17H,3,12H2,1-2H3,(H,21,22,25)/t17-/m1/s1. The third-order valence-corrected chi connectivity index (χ3v) is 8.16. The highest BCUT2D eigenvalue weighted by Crippen LogP contribution is 2.38. The van der Waals surface area contributed by atoms with Crippen LogP contribution in [-0.2, 0) is 14.8 Å². The second-order valence-corrected chi connectivity index (χ2v) is 11.1. The molecule has 0 saturated carbocycles. The number of fused-ring (bicyclic) bond motifs is 1. The van der Waals surface area contributed by atoms with Gasteiger partial charge in [0.2, 0.25) is 5.13 Å². The average Bonchev–Trinajstić information content (AvgIpc) is 3.20. The maximum atomic E-state index is 13.4. The Hall–Kier alpha value is -2.63. The lowest BCUT2D eigenvalue weighted by Crippen LogP contribution is -2.48. The molecule has 4 rings (SSSR count). The van der Waals surface area contributed by atoms with Crippen LogP contribution in [0.15, 0.2) is 57.8 Å². The second-order valence-electron chi connectivity index (χ2n) is 6.72. The van der Waals surface area contributed by atoms with Crippen molar-refractivity contribution in [3.63, 3.8) is 0 Å². The largest absolute Gasteiger partial charge is 0.476 e. The number of rotatable bonds is 6. The summed E-state index contributed by atoms with van der Waals surface area (Å²) in [6.07, 6.45) is -1.04. The maximum absolute atomic E-state index is 13.4. The number of sulfonamides is 1. The topological polar surface area (TPSA) is 101 Å². The van der Waals surface area contributed by atoms with E-state index in [1.165, 1.54) is 39.5 Å². The lowest BCUT2D eigenvalue weighted by molar-refractivity contribution is -0.122. The average molecular weight is 477 g/mol. The third-order valence-electron chi connectivity index (χ3n) is 4.51. The zero-order valence-corrected chi connectivity index (χ0v) is 19.3. The predicted octanol–water partition coefficient (Wildman–Crippen LogP) is 3.55. The van der Waals surface area contributed by atoms with Gasteiger partial charge in [-0.15, -0.1) is 10.2 Å². The summed E-state index contributed by atoms with van der Waals surface area (Å²) in [5, 5.41) is 11.0. The van der Waals surface area contributed by atoms with Gasteiger partial charge in [-0.2, -0.15) is 0 Å². The summed E-state index contributed by atoms with van der Waals surface area (Å²) >= 11 is 2.79. The molecule has 0 bridgehead atoms. The first-order valence-electron chi connectivity index (χ1n) is 9.50. The van der Waals surface area contributed by atoms with Gasteiger partial charge in [0.15, 0.2) is 10.4 Å². The molecule has 1 aromatic heterocycles. The Balaban J connectivity index is 1.64. The number of aromatic nitrogens is 2. The Labute approximate surface area is 188 Å². The molecule has 0 fully saturated rings. The van der Waals surface area contributed by atoms with Crippen LogP contribution in [0.4, 0.5) is 10.8 Å². The molecule has 11 heteroatoms. The van der Waals surface area contributed by atoms with E-state index in [1.54, 1.807) is 30.3 Å². The van der Waals surface area contributed by atoms with Crippen LogP contribution < -0.4 is 14.4 Å². The molecule has 8 nitrogen and oxygen atoms in total. The molecule has 0 radical (unpaired) electrons. The van der Waals surface area contributed by atoms with E-state index < -0.39 is 22.0 Å². The maximum Gasteiger partial charge on any atom is 0.269 e. The number of nitrogens with one attached hydrogen (secondary N) is 1. The SMILES string of the molecule is CCSc1nnc(NC(=O)[C@H]2CN(S(=O)(=O)c3ccccc3)c3cc(C)ccc3O2)s1. The van der Waals surface area contributed by atoms with Gasteiger partial charge in [-0.1, -0.05) is 54.3 Å². The fraction of sp³-hybridized carbons (Fsp3) is 0.250.